The Morgan fingerprint density at radius 1 is 1.29 bits per heavy atom. The fourth-order valence-electron chi connectivity index (χ4n) is 2.92. The second-order valence-electron chi connectivity index (χ2n) is 5.29. The van der Waals surface area contributed by atoms with Gasteiger partial charge in [-0.3, -0.25) is 4.79 Å². The van der Waals surface area contributed by atoms with Crippen molar-refractivity contribution < 1.29 is 5.21 Å². The Labute approximate surface area is 102 Å². The van der Waals surface area contributed by atoms with Gasteiger partial charge >= 0.3 is 0 Å². The molecule has 0 spiro atoms. The largest absolute Gasteiger partial charge is 0.425 e. The van der Waals surface area contributed by atoms with Gasteiger partial charge in [-0.05, 0) is 37.3 Å². The smallest absolute Gasteiger partial charge is 0.283 e. The third-order valence-corrected chi connectivity index (χ3v) is 4.00. The van der Waals surface area contributed by atoms with Crippen LogP contribution in [0.25, 0.3) is 0 Å². The quantitative estimate of drug-likeness (QED) is 0.800. The zero-order chi connectivity index (χ0) is 12.4. The van der Waals surface area contributed by atoms with Gasteiger partial charge in [0.15, 0.2) is 0 Å². The first-order chi connectivity index (χ1) is 8.09. The van der Waals surface area contributed by atoms with E-state index in [9.17, 15) is 10.0 Å². The minimum atomic E-state index is -0.317. The first-order valence-electron chi connectivity index (χ1n) is 6.52. The fourth-order valence-corrected chi connectivity index (χ4v) is 2.92. The van der Waals surface area contributed by atoms with Crippen molar-refractivity contribution in [1.29, 1.82) is 0 Å². The Hall–Kier alpha value is -1.25. The molecule has 1 aliphatic rings. The van der Waals surface area contributed by atoms with Crippen molar-refractivity contribution in [3.63, 3.8) is 0 Å². The number of hydrogen-bond donors (Lipinski definition) is 1. The molecule has 1 fully saturated rings. The van der Waals surface area contributed by atoms with E-state index in [1.807, 2.05) is 13.0 Å². The van der Waals surface area contributed by atoms with Crippen molar-refractivity contribution in [2.24, 2.45) is 5.92 Å². The molecule has 1 saturated carbocycles. The first-order valence-corrected chi connectivity index (χ1v) is 6.52. The molecule has 1 unspecified atom stereocenters. The van der Waals surface area contributed by atoms with E-state index in [0.29, 0.717) is 5.92 Å². The number of nitrogens with zero attached hydrogens (tertiary/aromatic N) is 1. The minimum Gasteiger partial charge on any atom is -0.425 e. The van der Waals surface area contributed by atoms with Crippen molar-refractivity contribution in [2.75, 3.05) is 0 Å². The summed E-state index contributed by atoms with van der Waals surface area (Å²) in [4.78, 5) is 11.6. The first kappa shape index (κ1) is 12.2. The van der Waals surface area contributed by atoms with Gasteiger partial charge in [-0.2, -0.15) is 4.73 Å². The highest BCUT2D eigenvalue weighted by atomic mass is 16.5. The van der Waals surface area contributed by atoms with Crippen molar-refractivity contribution in [3.8, 4) is 0 Å². The maximum atomic E-state index is 11.6. The van der Waals surface area contributed by atoms with Crippen LogP contribution in [0.4, 0.5) is 0 Å². The van der Waals surface area contributed by atoms with Crippen LogP contribution in [-0.2, 0) is 0 Å². The monoisotopic (exact) mass is 235 g/mol. The highest BCUT2D eigenvalue weighted by molar-refractivity contribution is 5.19. The molecule has 1 atom stereocenters. The summed E-state index contributed by atoms with van der Waals surface area (Å²) < 4.78 is 0.826. The third kappa shape index (κ3) is 2.54. The Morgan fingerprint density at radius 2 is 1.94 bits per heavy atom. The van der Waals surface area contributed by atoms with Crippen LogP contribution in [-0.4, -0.2) is 9.94 Å². The number of hydrogen-bond acceptors (Lipinski definition) is 2. The summed E-state index contributed by atoms with van der Waals surface area (Å²) in [6.07, 6.45) is 6.29. The third-order valence-electron chi connectivity index (χ3n) is 4.00. The summed E-state index contributed by atoms with van der Waals surface area (Å²) in [5, 5.41) is 9.83. The van der Waals surface area contributed by atoms with Gasteiger partial charge in [-0.25, -0.2) is 0 Å². The van der Waals surface area contributed by atoms with Gasteiger partial charge < -0.3 is 5.21 Å². The minimum absolute atomic E-state index is 0.257. The lowest BCUT2D eigenvalue weighted by molar-refractivity contribution is 0.152. The van der Waals surface area contributed by atoms with Crippen LogP contribution in [0.2, 0.25) is 0 Å². The molecule has 0 bridgehead atoms. The SMILES string of the molecule is Cc1cc(C(C)C2CCCCC2)n(O)c(=O)c1. The van der Waals surface area contributed by atoms with Gasteiger partial charge in [0.05, 0.1) is 5.69 Å². The second kappa shape index (κ2) is 4.94. The van der Waals surface area contributed by atoms with E-state index in [4.69, 9.17) is 0 Å². The van der Waals surface area contributed by atoms with Gasteiger partial charge in [-0.1, -0.05) is 26.2 Å². The standard InChI is InChI=1S/C14H21NO2/c1-10-8-13(15(17)14(16)9-10)11(2)12-6-4-3-5-7-12/h8-9,11-12,17H,3-7H2,1-2H3. The zero-order valence-corrected chi connectivity index (χ0v) is 10.6. The van der Waals surface area contributed by atoms with E-state index < -0.39 is 0 Å². The Kier molecular flexibility index (Phi) is 3.55. The topological polar surface area (TPSA) is 42.2 Å². The van der Waals surface area contributed by atoms with Crippen molar-refractivity contribution in [1.82, 2.24) is 4.73 Å². The second-order valence-corrected chi connectivity index (χ2v) is 5.29. The van der Waals surface area contributed by atoms with Crippen LogP contribution in [0.3, 0.4) is 0 Å². The molecular weight excluding hydrogens is 214 g/mol. The molecule has 94 valence electrons. The summed E-state index contributed by atoms with van der Waals surface area (Å²) in [5.74, 6) is 0.858. The fraction of sp³-hybridized carbons (Fsp3) is 0.643. The molecule has 3 heteroatoms. The lowest BCUT2D eigenvalue weighted by Gasteiger charge is -2.28. The van der Waals surface area contributed by atoms with Crippen molar-refractivity contribution in [2.45, 2.75) is 51.9 Å². The molecule has 1 aromatic heterocycles. The van der Waals surface area contributed by atoms with E-state index in [2.05, 4.69) is 6.92 Å². The molecule has 2 rings (SSSR count). The molecule has 1 heterocycles. The van der Waals surface area contributed by atoms with E-state index in [-0.39, 0.29) is 11.5 Å². The van der Waals surface area contributed by atoms with Gasteiger partial charge in [-0.15, -0.1) is 0 Å². The number of pyridine rings is 1. The maximum absolute atomic E-state index is 11.6. The number of aryl methyl sites for hydroxylation is 1. The predicted molar refractivity (Wildman–Crippen MR) is 67.6 cm³/mol. The summed E-state index contributed by atoms with van der Waals surface area (Å²) in [7, 11) is 0. The van der Waals surface area contributed by atoms with E-state index in [1.165, 1.54) is 38.2 Å². The molecule has 0 saturated heterocycles. The zero-order valence-electron chi connectivity index (χ0n) is 10.6. The average molecular weight is 235 g/mol. The maximum Gasteiger partial charge on any atom is 0.283 e. The van der Waals surface area contributed by atoms with Crippen LogP contribution >= 0.6 is 0 Å². The van der Waals surface area contributed by atoms with Crippen molar-refractivity contribution >= 4 is 0 Å². The summed E-state index contributed by atoms with van der Waals surface area (Å²) in [5.41, 5.74) is 1.38. The Balaban J connectivity index is 2.29. The van der Waals surface area contributed by atoms with Gasteiger partial charge in [0.25, 0.3) is 5.56 Å². The van der Waals surface area contributed by atoms with E-state index >= 15 is 0 Å². The molecule has 0 radical (unpaired) electrons. The van der Waals surface area contributed by atoms with Gasteiger partial charge in [0.1, 0.15) is 0 Å². The lowest BCUT2D eigenvalue weighted by Crippen LogP contribution is -2.25. The molecule has 0 aromatic carbocycles. The predicted octanol–water partition coefficient (Wildman–Crippen LogP) is 3.08. The van der Waals surface area contributed by atoms with Crippen LogP contribution in [0.15, 0.2) is 16.9 Å². The van der Waals surface area contributed by atoms with Gasteiger partial charge in [0, 0.05) is 12.0 Å². The van der Waals surface area contributed by atoms with Gasteiger partial charge in [0.2, 0.25) is 0 Å². The molecule has 17 heavy (non-hydrogen) atoms. The molecule has 0 amide bonds. The Bertz CT molecular complexity index is 444. The molecule has 3 nitrogen and oxygen atoms in total. The van der Waals surface area contributed by atoms with Crippen LogP contribution < -0.4 is 5.56 Å². The molecular formula is C14H21NO2. The van der Waals surface area contributed by atoms with Crippen molar-refractivity contribution in [3.05, 3.63) is 33.7 Å². The highest BCUT2D eigenvalue weighted by Gasteiger charge is 2.24. The normalized spacial score (nSPS) is 19.2. The van der Waals surface area contributed by atoms with E-state index in [0.717, 1.165) is 16.0 Å². The summed E-state index contributed by atoms with van der Waals surface area (Å²) in [6, 6.07) is 3.40. The summed E-state index contributed by atoms with van der Waals surface area (Å²) in [6.45, 7) is 4.02. The number of rotatable bonds is 2. The Morgan fingerprint density at radius 3 is 2.59 bits per heavy atom. The molecule has 1 aromatic rings. The highest BCUT2D eigenvalue weighted by Crippen LogP contribution is 2.35. The lowest BCUT2D eigenvalue weighted by atomic mass is 9.79. The average Bonchev–Trinajstić information content (AvgIpc) is 2.34. The molecule has 0 aliphatic heterocycles. The van der Waals surface area contributed by atoms with Crippen LogP contribution in [0.1, 0.15) is 56.2 Å². The van der Waals surface area contributed by atoms with Crippen LogP contribution in [0, 0.1) is 12.8 Å². The molecule has 1 aliphatic carbocycles. The molecule has 1 N–H and O–H groups in total. The van der Waals surface area contributed by atoms with Crippen LogP contribution in [0.5, 0.6) is 0 Å². The number of aromatic nitrogens is 1. The van der Waals surface area contributed by atoms with E-state index in [1.54, 1.807) is 0 Å². The summed E-state index contributed by atoms with van der Waals surface area (Å²) >= 11 is 0.